The highest BCUT2D eigenvalue weighted by atomic mass is 16.3. The van der Waals surface area contributed by atoms with E-state index in [1.807, 2.05) is 21.1 Å². The molecule has 0 amide bonds. The van der Waals surface area contributed by atoms with Crippen molar-refractivity contribution in [2.75, 3.05) is 27.7 Å². The molecule has 0 aliphatic rings. The standard InChI is InChI=1S/C6H17N2O.H2O/c1-8(2,3)6(9)4-5-7;/h6,9H,4-5,7H2,1-3H3;1H2/q+1;. The molecule has 0 bridgehead atoms. The Bertz CT molecular complexity index is 80.3. The van der Waals surface area contributed by atoms with Crippen LogP contribution in [0.1, 0.15) is 6.42 Å². The van der Waals surface area contributed by atoms with Gasteiger partial charge in [0.2, 0.25) is 0 Å². The Hall–Kier alpha value is -0.160. The van der Waals surface area contributed by atoms with Crippen molar-refractivity contribution < 1.29 is 15.1 Å². The molecule has 0 aliphatic heterocycles. The van der Waals surface area contributed by atoms with Gasteiger partial charge in [0.1, 0.15) is 0 Å². The van der Waals surface area contributed by atoms with Gasteiger partial charge in [-0.25, -0.2) is 0 Å². The van der Waals surface area contributed by atoms with E-state index in [0.29, 0.717) is 17.4 Å². The van der Waals surface area contributed by atoms with Crippen LogP contribution in [-0.4, -0.2) is 49.0 Å². The van der Waals surface area contributed by atoms with Crippen molar-refractivity contribution in [3.05, 3.63) is 0 Å². The van der Waals surface area contributed by atoms with Crippen molar-refractivity contribution in [3.63, 3.8) is 0 Å². The molecule has 0 rings (SSSR count). The van der Waals surface area contributed by atoms with Crippen molar-refractivity contribution in [2.45, 2.75) is 12.6 Å². The Kier molecular flexibility index (Phi) is 5.78. The molecule has 0 spiro atoms. The fraction of sp³-hybridized carbons (Fsp3) is 1.00. The van der Waals surface area contributed by atoms with Gasteiger partial charge in [-0.2, -0.15) is 0 Å². The summed E-state index contributed by atoms with van der Waals surface area (Å²) in [4.78, 5) is 0. The normalized spacial score (nSPS) is 14.1. The summed E-state index contributed by atoms with van der Waals surface area (Å²) >= 11 is 0. The van der Waals surface area contributed by atoms with Gasteiger partial charge in [-0.05, 0) is 0 Å². The summed E-state index contributed by atoms with van der Waals surface area (Å²) in [5, 5.41) is 9.28. The van der Waals surface area contributed by atoms with Gasteiger partial charge in [0.15, 0.2) is 6.23 Å². The SMILES string of the molecule is C[N+](C)(C)C(O)CCN.O. The Morgan fingerprint density at radius 2 is 1.80 bits per heavy atom. The van der Waals surface area contributed by atoms with Gasteiger partial charge < -0.3 is 20.8 Å². The zero-order chi connectivity index (χ0) is 7.49. The Morgan fingerprint density at radius 1 is 1.40 bits per heavy atom. The Morgan fingerprint density at radius 3 is 1.90 bits per heavy atom. The van der Waals surface area contributed by atoms with Gasteiger partial charge in [-0.3, -0.25) is 0 Å². The maximum absolute atomic E-state index is 9.28. The van der Waals surface area contributed by atoms with E-state index in [2.05, 4.69) is 0 Å². The smallest absolute Gasteiger partial charge is 0.191 e. The molecule has 0 saturated heterocycles. The number of aliphatic hydroxyl groups is 1. The molecule has 0 aromatic carbocycles. The molecule has 0 aliphatic carbocycles. The summed E-state index contributed by atoms with van der Waals surface area (Å²) in [6, 6.07) is 0. The molecule has 0 aromatic rings. The molecule has 10 heavy (non-hydrogen) atoms. The molecule has 4 nitrogen and oxygen atoms in total. The minimum Gasteiger partial charge on any atom is -0.412 e. The molecular weight excluding hydrogens is 132 g/mol. The largest absolute Gasteiger partial charge is 0.412 e. The third kappa shape index (κ3) is 4.69. The minimum absolute atomic E-state index is 0. The van der Waals surface area contributed by atoms with E-state index in [9.17, 15) is 5.11 Å². The summed E-state index contributed by atoms with van der Waals surface area (Å²) in [7, 11) is 5.83. The fourth-order valence-corrected chi connectivity index (χ4v) is 0.536. The summed E-state index contributed by atoms with van der Waals surface area (Å²) in [5.41, 5.74) is 5.26. The second kappa shape index (κ2) is 4.62. The van der Waals surface area contributed by atoms with Crippen LogP contribution in [-0.2, 0) is 0 Å². The highest BCUT2D eigenvalue weighted by molar-refractivity contribution is 4.40. The van der Waals surface area contributed by atoms with Crippen LogP contribution in [0.25, 0.3) is 0 Å². The lowest BCUT2D eigenvalue weighted by molar-refractivity contribution is -0.918. The summed E-state index contributed by atoms with van der Waals surface area (Å²) in [6.07, 6.45) is 0.346. The first-order chi connectivity index (χ1) is 3.98. The molecule has 0 fully saturated rings. The molecule has 0 saturated carbocycles. The second-order valence-electron chi connectivity index (χ2n) is 3.17. The number of nitrogens with two attached hydrogens (primary N) is 1. The maximum Gasteiger partial charge on any atom is 0.191 e. The number of hydrogen-bond donors (Lipinski definition) is 2. The van der Waals surface area contributed by atoms with Crippen LogP contribution in [0, 0.1) is 0 Å². The number of nitrogens with zero attached hydrogens (tertiary/aromatic N) is 1. The van der Waals surface area contributed by atoms with Gasteiger partial charge in [-0.15, -0.1) is 0 Å². The van der Waals surface area contributed by atoms with Crippen LogP contribution >= 0.6 is 0 Å². The van der Waals surface area contributed by atoms with Crippen LogP contribution in [0.15, 0.2) is 0 Å². The molecule has 0 heterocycles. The quantitative estimate of drug-likeness (QED) is 0.382. The first kappa shape index (κ1) is 12.5. The van der Waals surface area contributed by atoms with Crippen LogP contribution in [0.3, 0.4) is 0 Å². The highest BCUT2D eigenvalue weighted by Gasteiger charge is 2.18. The summed E-state index contributed by atoms with van der Waals surface area (Å²) in [5.74, 6) is 0. The van der Waals surface area contributed by atoms with E-state index in [0.717, 1.165) is 0 Å². The molecule has 64 valence electrons. The zero-order valence-electron chi connectivity index (χ0n) is 6.96. The van der Waals surface area contributed by atoms with E-state index in [4.69, 9.17) is 5.73 Å². The van der Waals surface area contributed by atoms with Crippen molar-refractivity contribution in [2.24, 2.45) is 5.73 Å². The van der Waals surface area contributed by atoms with Gasteiger partial charge in [0, 0.05) is 13.0 Å². The Labute approximate surface area is 62.1 Å². The van der Waals surface area contributed by atoms with Gasteiger partial charge in [0.25, 0.3) is 0 Å². The first-order valence-electron chi connectivity index (χ1n) is 3.17. The van der Waals surface area contributed by atoms with Crippen molar-refractivity contribution in [1.29, 1.82) is 0 Å². The number of hydrogen-bond acceptors (Lipinski definition) is 2. The zero-order valence-corrected chi connectivity index (χ0v) is 6.96. The molecule has 1 atom stereocenters. The monoisotopic (exact) mass is 151 g/mol. The first-order valence-corrected chi connectivity index (χ1v) is 3.17. The predicted octanol–water partition coefficient (Wildman–Crippen LogP) is -1.46. The van der Waals surface area contributed by atoms with E-state index < -0.39 is 0 Å². The lowest BCUT2D eigenvalue weighted by Crippen LogP contribution is -2.45. The van der Waals surface area contributed by atoms with Gasteiger partial charge >= 0.3 is 0 Å². The number of aliphatic hydroxyl groups excluding tert-OH is 1. The fourth-order valence-electron chi connectivity index (χ4n) is 0.536. The van der Waals surface area contributed by atoms with E-state index in [1.54, 1.807) is 0 Å². The van der Waals surface area contributed by atoms with Crippen LogP contribution in [0.4, 0.5) is 0 Å². The van der Waals surface area contributed by atoms with Crippen LogP contribution in [0.5, 0.6) is 0 Å². The maximum atomic E-state index is 9.28. The molecule has 0 aromatic heterocycles. The lowest BCUT2D eigenvalue weighted by Gasteiger charge is -2.29. The third-order valence-electron chi connectivity index (χ3n) is 1.32. The number of quaternary nitrogens is 1. The lowest BCUT2D eigenvalue weighted by atomic mass is 10.3. The van der Waals surface area contributed by atoms with Crippen LogP contribution in [0.2, 0.25) is 0 Å². The molecule has 1 unspecified atom stereocenters. The third-order valence-corrected chi connectivity index (χ3v) is 1.32. The van der Waals surface area contributed by atoms with Gasteiger partial charge in [-0.1, -0.05) is 0 Å². The van der Waals surface area contributed by atoms with E-state index in [1.165, 1.54) is 0 Å². The Balaban J connectivity index is 0. The van der Waals surface area contributed by atoms with E-state index >= 15 is 0 Å². The summed E-state index contributed by atoms with van der Waals surface area (Å²) in [6.45, 7) is 0.552. The molecule has 0 radical (unpaired) electrons. The number of rotatable bonds is 3. The molecule has 5 N–H and O–H groups in total. The average Bonchev–Trinajstić information content (AvgIpc) is 1.64. The van der Waals surface area contributed by atoms with Crippen LogP contribution < -0.4 is 5.73 Å². The molecule has 4 heteroatoms. The second-order valence-corrected chi connectivity index (χ2v) is 3.17. The average molecular weight is 151 g/mol. The topological polar surface area (TPSA) is 77.8 Å². The van der Waals surface area contributed by atoms with Gasteiger partial charge in [0.05, 0.1) is 21.1 Å². The summed E-state index contributed by atoms with van der Waals surface area (Å²) < 4.78 is 0.567. The molecular formula is C6H19N2O2+. The van der Waals surface area contributed by atoms with Crippen molar-refractivity contribution in [3.8, 4) is 0 Å². The highest BCUT2D eigenvalue weighted by Crippen LogP contribution is 2.01. The minimum atomic E-state index is -0.324. The van der Waals surface area contributed by atoms with E-state index in [-0.39, 0.29) is 11.7 Å². The van der Waals surface area contributed by atoms with Crippen molar-refractivity contribution >= 4 is 0 Å². The predicted molar refractivity (Wildman–Crippen MR) is 41.3 cm³/mol. The van der Waals surface area contributed by atoms with Crippen molar-refractivity contribution in [1.82, 2.24) is 0 Å².